The minimum atomic E-state index is -3.71. The van der Waals surface area contributed by atoms with Crippen LogP contribution >= 0.6 is 15.9 Å². The van der Waals surface area contributed by atoms with Gasteiger partial charge in [0.25, 0.3) is 5.91 Å². The Labute approximate surface area is 203 Å². The highest BCUT2D eigenvalue weighted by atomic mass is 79.9. The maximum Gasteiger partial charge on any atom is 0.256 e. The van der Waals surface area contributed by atoms with Crippen LogP contribution in [-0.2, 0) is 14.8 Å². The molecule has 1 N–H and O–H groups in total. The number of sulfonamides is 1. The molecule has 1 saturated heterocycles. The van der Waals surface area contributed by atoms with Crippen molar-refractivity contribution < 1.29 is 18.0 Å². The van der Waals surface area contributed by atoms with E-state index in [-0.39, 0.29) is 22.9 Å². The van der Waals surface area contributed by atoms with Crippen molar-refractivity contribution in [2.24, 2.45) is 0 Å². The smallest absolute Gasteiger partial charge is 0.256 e. The van der Waals surface area contributed by atoms with E-state index in [9.17, 15) is 18.0 Å². The molecule has 2 amide bonds. The Balaban J connectivity index is 1.86. The normalized spacial score (nSPS) is 13.9. The molecule has 2 aromatic carbocycles. The highest BCUT2D eigenvalue weighted by molar-refractivity contribution is 9.10. The third kappa shape index (κ3) is 5.74. The van der Waals surface area contributed by atoms with E-state index >= 15 is 0 Å². The van der Waals surface area contributed by atoms with Gasteiger partial charge >= 0.3 is 0 Å². The third-order valence-corrected chi connectivity index (χ3v) is 7.92. The first-order valence-electron chi connectivity index (χ1n) is 10.6. The predicted molar refractivity (Wildman–Crippen MR) is 133 cm³/mol. The van der Waals surface area contributed by atoms with Gasteiger partial charge in [-0.25, -0.2) is 12.7 Å². The second kappa shape index (κ2) is 10.2. The van der Waals surface area contributed by atoms with Gasteiger partial charge in [-0.2, -0.15) is 0 Å². The van der Waals surface area contributed by atoms with Crippen LogP contribution in [0.3, 0.4) is 0 Å². The molecular formula is C23H29BrN4O4S. The zero-order valence-corrected chi connectivity index (χ0v) is 21.7. The van der Waals surface area contributed by atoms with Gasteiger partial charge in [0.1, 0.15) is 0 Å². The molecule has 8 nitrogen and oxygen atoms in total. The number of aryl methyl sites for hydroxylation is 1. The van der Waals surface area contributed by atoms with Gasteiger partial charge in [0.05, 0.1) is 17.0 Å². The van der Waals surface area contributed by atoms with Crippen molar-refractivity contribution >= 4 is 49.1 Å². The summed E-state index contributed by atoms with van der Waals surface area (Å²) >= 11 is 3.40. The van der Waals surface area contributed by atoms with Gasteiger partial charge in [-0.05, 0) is 61.7 Å². The summed E-state index contributed by atoms with van der Waals surface area (Å²) < 4.78 is 27.4. The summed E-state index contributed by atoms with van der Waals surface area (Å²) in [6, 6.07) is 10.1. The maximum absolute atomic E-state index is 13.4. The number of nitrogens with one attached hydrogen (secondary N) is 1. The molecule has 0 saturated carbocycles. The standard InChI is InChI=1S/C23H29BrN4O4S/c1-16-13-17(24)7-9-20(16)25-22(29)15-27(4)23(30)19-14-18(33(31,32)26(2)3)8-10-21(19)28-11-5-6-12-28/h7-10,13-14H,5-6,11-12,15H2,1-4H3,(H,25,29). The molecule has 1 aliphatic rings. The quantitative estimate of drug-likeness (QED) is 0.586. The molecule has 178 valence electrons. The Morgan fingerprint density at radius 3 is 2.33 bits per heavy atom. The number of carbonyl (C=O) groups excluding carboxylic acids is 2. The molecule has 33 heavy (non-hydrogen) atoms. The molecule has 0 aromatic heterocycles. The van der Waals surface area contributed by atoms with Crippen molar-refractivity contribution in [3.8, 4) is 0 Å². The van der Waals surface area contributed by atoms with Gasteiger partial charge in [0, 0.05) is 50.1 Å². The molecule has 1 aliphatic heterocycles. The summed E-state index contributed by atoms with van der Waals surface area (Å²) in [6.45, 7) is 3.31. The lowest BCUT2D eigenvalue weighted by Gasteiger charge is -2.25. The Morgan fingerprint density at radius 2 is 1.73 bits per heavy atom. The van der Waals surface area contributed by atoms with Crippen LogP contribution in [0, 0.1) is 6.92 Å². The molecule has 0 atom stereocenters. The van der Waals surface area contributed by atoms with E-state index < -0.39 is 15.9 Å². The number of carbonyl (C=O) groups is 2. The number of amides is 2. The zero-order chi connectivity index (χ0) is 24.3. The number of likely N-dealkylation sites (N-methyl/N-ethyl adjacent to an activating group) is 1. The minimum Gasteiger partial charge on any atom is -0.371 e. The van der Waals surface area contributed by atoms with Crippen LogP contribution in [0.4, 0.5) is 11.4 Å². The largest absolute Gasteiger partial charge is 0.371 e. The molecule has 0 unspecified atom stereocenters. The predicted octanol–water partition coefficient (Wildman–Crippen LogP) is 3.32. The Bertz CT molecular complexity index is 1160. The maximum atomic E-state index is 13.4. The SMILES string of the molecule is Cc1cc(Br)ccc1NC(=O)CN(C)C(=O)c1cc(S(=O)(=O)N(C)C)ccc1N1CCCC1. The minimum absolute atomic E-state index is 0.0436. The number of anilines is 2. The average molecular weight is 537 g/mol. The second-order valence-electron chi connectivity index (χ2n) is 8.33. The summed E-state index contributed by atoms with van der Waals surface area (Å²) in [5.41, 5.74) is 2.52. The molecule has 1 fully saturated rings. The topological polar surface area (TPSA) is 90.0 Å². The van der Waals surface area contributed by atoms with Gasteiger partial charge in [0.2, 0.25) is 15.9 Å². The second-order valence-corrected chi connectivity index (χ2v) is 11.4. The molecule has 0 bridgehead atoms. The molecule has 0 spiro atoms. The first-order chi connectivity index (χ1) is 15.5. The van der Waals surface area contributed by atoms with Gasteiger partial charge in [0.15, 0.2) is 0 Å². The van der Waals surface area contributed by atoms with Gasteiger partial charge in [-0.3, -0.25) is 9.59 Å². The molecular weight excluding hydrogens is 508 g/mol. The Hall–Kier alpha value is -2.43. The van der Waals surface area contributed by atoms with Gasteiger partial charge in [-0.1, -0.05) is 15.9 Å². The van der Waals surface area contributed by atoms with E-state index in [1.54, 1.807) is 12.1 Å². The van der Waals surface area contributed by atoms with E-state index in [1.165, 1.54) is 38.2 Å². The Kier molecular flexibility index (Phi) is 7.81. The fraction of sp³-hybridized carbons (Fsp3) is 0.391. The molecule has 10 heteroatoms. The summed E-state index contributed by atoms with van der Waals surface area (Å²) in [4.78, 5) is 29.4. The number of hydrogen-bond donors (Lipinski definition) is 1. The first kappa shape index (κ1) is 25.2. The van der Waals surface area contributed by atoms with Crippen molar-refractivity contribution in [2.45, 2.75) is 24.7 Å². The van der Waals surface area contributed by atoms with Crippen molar-refractivity contribution in [3.05, 3.63) is 52.0 Å². The van der Waals surface area contributed by atoms with Crippen molar-refractivity contribution in [3.63, 3.8) is 0 Å². The summed E-state index contributed by atoms with van der Waals surface area (Å²) in [6.07, 6.45) is 2.02. The van der Waals surface area contributed by atoms with Crippen molar-refractivity contribution in [1.82, 2.24) is 9.21 Å². The first-order valence-corrected chi connectivity index (χ1v) is 12.9. The van der Waals surface area contributed by atoms with E-state index in [4.69, 9.17) is 0 Å². The van der Waals surface area contributed by atoms with E-state index in [1.807, 2.05) is 19.1 Å². The van der Waals surface area contributed by atoms with Crippen molar-refractivity contribution in [1.29, 1.82) is 0 Å². The van der Waals surface area contributed by atoms with Crippen LogP contribution in [0.5, 0.6) is 0 Å². The van der Waals surface area contributed by atoms with Crippen LogP contribution in [0.15, 0.2) is 45.8 Å². The number of halogens is 1. The van der Waals surface area contributed by atoms with Crippen molar-refractivity contribution in [2.75, 3.05) is 51.0 Å². The monoisotopic (exact) mass is 536 g/mol. The molecule has 3 rings (SSSR count). The highest BCUT2D eigenvalue weighted by Gasteiger charge is 2.26. The molecule has 0 radical (unpaired) electrons. The van der Waals surface area contributed by atoms with Gasteiger partial charge < -0.3 is 15.1 Å². The summed E-state index contributed by atoms with van der Waals surface area (Å²) in [5, 5.41) is 2.83. The van der Waals surface area contributed by atoms with Crippen LogP contribution in [0.1, 0.15) is 28.8 Å². The van der Waals surface area contributed by atoms with Crippen LogP contribution in [-0.4, -0.2) is 70.2 Å². The molecule has 1 heterocycles. The number of rotatable bonds is 7. The number of nitrogens with zero attached hydrogens (tertiary/aromatic N) is 3. The van der Waals surface area contributed by atoms with Crippen LogP contribution in [0.25, 0.3) is 0 Å². The van der Waals surface area contributed by atoms with Crippen LogP contribution < -0.4 is 10.2 Å². The molecule has 2 aromatic rings. The lowest BCUT2D eigenvalue weighted by Crippen LogP contribution is -2.36. The lowest BCUT2D eigenvalue weighted by atomic mass is 10.1. The van der Waals surface area contributed by atoms with Gasteiger partial charge in [-0.15, -0.1) is 0 Å². The van der Waals surface area contributed by atoms with Crippen LogP contribution in [0.2, 0.25) is 0 Å². The lowest BCUT2D eigenvalue weighted by molar-refractivity contribution is -0.116. The number of hydrogen-bond acceptors (Lipinski definition) is 5. The fourth-order valence-electron chi connectivity index (χ4n) is 3.74. The molecule has 0 aliphatic carbocycles. The summed E-state index contributed by atoms with van der Waals surface area (Å²) in [7, 11) is 0.729. The van der Waals surface area contributed by atoms with E-state index in [0.717, 1.165) is 40.3 Å². The highest BCUT2D eigenvalue weighted by Crippen LogP contribution is 2.29. The Morgan fingerprint density at radius 1 is 1.06 bits per heavy atom. The average Bonchev–Trinajstić information content (AvgIpc) is 3.29. The van der Waals surface area contributed by atoms with E-state index in [0.29, 0.717) is 11.4 Å². The third-order valence-electron chi connectivity index (χ3n) is 5.61. The summed E-state index contributed by atoms with van der Waals surface area (Å²) in [5.74, 6) is -0.744. The van der Waals surface area contributed by atoms with E-state index in [2.05, 4.69) is 26.1 Å². The fourth-order valence-corrected chi connectivity index (χ4v) is 5.15. The zero-order valence-electron chi connectivity index (χ0n) is 19.3. The number of benzene rings is 2.